The molecule has 122 valence electrons. The molecule has 1 amide bonds. The van der Waals surface area contributed by atoms with Crippen LogP contribution in [0.15, 0.2) is 24.3 Å². The van der Waals surface area contributed by atoms with E-state index in [0.717, 1.165) is 19.4 Å². The zero-order chi connectivity index (χ0) is 15.3. The van der Waals surface area contributed by atoms with Gasteiger partial charge in [0.25, 0.3) is 0 Å². The molecule has 2 fully saturated rings. The Morgan fingerprint density at radius 3 is 2.64 bits per heavy atom. The minimum absolute atomic E-state index is 0. The van der Waals surface area contributed by atoms with Gasteiger partial charge in [-0.2, -0.15) is 0 Å². The van der Waals surface area contributed by atoms with Crippen LogP contribution in [-0.2, 0) is 9.53 Å². The van der Waals surface area contributed by atoms with E-state index in [4.69, 9.17) is 10.5 Å². The highest BCUT2D eigenvalue weighted by Crippen LogP contribution is 2.57. The van der Waals surface area contributed by atoms with Crippen LogP contribution in [0.1, 0.15) is 26.7 Å². The Kier molecular flexibility index (Phi) is 4.44. The topological polar surface area (TPSA) is 84.6 Å². The molecule has 0 radical (unpaired) electrons. The number of carbonyl (C=O) groups is 1. The van der Waals surface area contributed by atoms with E-state index in [1.165, 1.54) is 12.1 Å². The Balaban J connectivity index is 0.00000176. The number of amides is 1. The van der Waals surface area contributed by atoms with Crippen molar-refractivity contribution in [1.29, 1.82) is 0 Å². The van der Waals surface area contributed by atoms with E-state index in [2.05, 4.69) is 5.32 Å². The van der Waals surface area contributed by atoms with E-state index in [1.54, 1.807) is 12.1 Å². The molecule has 0 aromatic heterocycles. The molecule has 1 aliphatic heterocycles. The van der Waals surface area contributed by atoms with Gasteiger partial charge >= 0.3 is 0 Å². The third kappa shape index (κ3) is 2.28. The van der Waals surface area contributed by atoms with Crippen molar-refractivity contribution < 1.29 is 14.6 Å². The fraction of sp³-hybridized carbons (Fsp3) is 0.562. The average molecular weight is 327 g/mol. The van der Waals surface area contributed by atoms with Gasteiger partial charge in [0.05, 0.1) is 6.10 Å². The fourth-order valence-electron chi connectivity index (χ4n) is 3.82. The number of hydrogen-bond acceptors (Lipinski definition) is 4. The van der Waals surface area contributed by atoms with Crippen molar-refractivity contribution in [3.8, 4) is 5.75 Å². The maximum absolute atomic E-state index is 12.7. The van der Waals surface area contributed by atoms with Crippen molar-refractivity contribution in [2.24, 2.45) is 17.1 Å². The number of aromatic hydroxyl groups is 1. The summed E-state index contributed by atoms with van der Waals surface area (Å²) in [6.45, 7) is 4.74. The number of rotatable bonds is 2. The number of carbonyl (C=O) groups excluding carboxylic acids is 1. The van der Waals surface area contributed by atoms with Gasteiger partial charge in [0.2, 0.25) is 5.91 Å². The molecule has 6 heteroatoms. The quantitative estimate of drug-likeness (QED) is 0.728. The molecule has 2 aliphatic rings. The molecular weight excluding hydrogens is 304 g/mol. The number of halogens is 1. The number of phenolic OH excluding ortho intramolecular Hbond substituents is 1. The van der Waals surface area contributed by atoms with Crippen LogP contribution >= 0.6 is 12.4 Å². The summed E-state index contributed by atoms with van der Waals surface area (Å²) < 4.78 is 5.81. The van der Waals surface area contributed by atoms with E-state index < -0.39 is 5.54 Å². The lowest BCUT2D eigenvalue weighted by atomic mass is 9.46. The molecular formula is C16H23ClN2O3. The molecule has 1 saturated heterocycles. The van der Waals surface area contributed by atoms with E-state index in [0.29, 0.717) is 5.69 Å². The molecule has 3 rings (SSSR count). The first-order valence-electron chi connectivity index (χ1n) is 7.38. The van der Waals surface area contributed by atoms with Crippen molar-refractivity contribution in [2.45, 2.75) is 38.3 Å². The number of ether oxygens (including phenoxy) is 1. The first-order chi connectivity index (χ1) is 9.87. The molecule has 1 aromatic rings. The van der Waals surface area contributed by atoms with Crippen LogP contribution in [0.25, 0.3) is 0 Å². The number of nitrogens with one attached hydrogen (secondary N) is 1. The van der Waals surface area contributed by atoms with Crippen molar-refractivity contribution in [3.05, 3.63) is 24.3 Å². The van der Waals surface area contributed by atoms with Gasteiger partial charge in [0.1, 0.15) is 11.3 Å². The molecule has 1 aromatic carbocycles. The lowest BCUT2D eigenvalue weighted by Crippen LogP contribution is -2.81. The Morgan fingerprint density at radius 1 is 1.36 bits per heavy atom. The second kappa shape index (κ2) is 5.72. The van der Waals surface area contributed by atoms with Gasteiger partial charge in [-0.15, -0.1) is 12.4 Å². The van der Waals surface area contributed by atoms with Crippen molar-refractivity contribution in [2.75, 3.05) is 11.9 Å². The second-order valence-corrected chi connectivity index (χ2v) is 6.63. The van der Waals surface area contributed by atoms with E-state index in [1.807, 2.05) is 13.8 Å². The number of hydrogen-bond donors (Lipinski definition) is 3. The SMILES string of the molecule is CC1(C)C2OCCCC2C1(N)C(=O)Nc1ccc(O)cc1.Cl. The van der Waals surface area contributed by atoms with Crippen LogP contribution in [0.3, 0.4) is 0 Å². The molecule has 5 nitrogen and oxygen atoms in total. The predicted molar refractivity (Wildman–Crippen MR) is 87.1 cm³/mol. The second-order valence-electron chi connectivity index (χ2n) is 6.63. The van der Waals surface area contributed by atoms with Crippen LogP contribution in [0.4, 0.5) is 5.69 Å². The van der Waals surface area contributed by atoms with Gasteiger partial charge in [-0.05, 0) is 37.1 Å². The summed E-state index contributed by atoms with van der Waals surface area (Å²) in [4.78, 5) is 12.7. The van der Waals surface area contributed by atoms with Gasteiger partial charge in [0, 0.05) is 23.6 Å². The number of benzene rings is 1. The zero-order valence-electron chi connectivity index (χ0n) is 12.8. The number of nitrogens with two attached hydrogens (primary N) is 1. The summed E-state index contributed by atoms with van der Waals surface area (Å²) in [5.74, 6) is 0.0588. The Hall–Kier alpha value is -1.30. The van der Waals surface area contributed by atoms with Crippen LogP contribution in [0, 0.1) is 11.3 Å². The molecule has 4 N–H and O–H groups in total. The van der Waals surface area contributed by atoms with Gasteiger partial charge in [-0.3, -0.25) is 4.79 Å². The normalized spacial score (nSPS) is 32.1. The van der Waals surface area contributed by atoms with Crippen LogP contribution in [-0.4, -0.2) is 29.3 Å². The zero-order valence-corrected chi connectivity index (χ0v) is 13.7. The summed E-state index contributed by atoms with van der Waals surface area (Å²) in [6.07, 6.45) is 1.93. The first-order valence-corrected chi connectivity index (χ1v) is 7.38. The number of phenols is 1. The predicted octanol–water partition coefficient (Wildman–Crippen LogP) is 2.28. The van der Waals surface area contributed by atoms with Crippen molar-refractivity contribution >= 4 is 24.0 Å². The molecule has 3 unspecified atom stereocenters. The van der Waals surface area contributed by atoms with Crippen LogP contribution in [0.2, 0.25) is 0 Å². The molecule has 0 bridgehead atoms. The molecule has 3 atom stereocenters. The van der Waals surface area contributed by atoms with E-state index in [-0.39, 0.29) is 41.5 Å². The minimum Gasteiger partial charge on any atom is -0.508 e. The number of anilines is 1. The molecule has 1 heterocycles. The smallest absolute Gasteiger partial charge is 0.245 e. The Morgan fingerprint density at radius 2 is 2.00 bits per heavy atom. The molecule has 1 saturated carbocycles. The fourth-order valence-corrected chi connectivity index (χ4v) is 3.82. The largest absolute Gasteiger partial charge is 0.508 e. The monoisotopic (exact) mass is 326 g/mol. The summed E-state index contributed by atoms with van der Waals surface area (Å²) in [5.41, 5.74) is 5.84. The lowest BCUT2D eigenvalue weighted by molar-refractivity contribution is -0.222. The first kappa shape index (κ1) is 17.1. The summed E-state index contributed by atoms with van der Waals surface area (Å²) >= 11 is 0. The van der Waals surface area contributed by atoms with Crippen molar-refractivity contribution in [1.82, 2.24) is 0 Å². The van der Waals surface area contributed by atoms with Gasteiger partial charge in [-0.25, -0.2) is 0 Å². The van der Waals surface area contributed by atoms with Gasteiger partial charge in [0.15, 0.2) is 0 Å². The van der Waals surface area contributed by atoms with Crippen LogP contribution < -0.4 is 11.1 Å². The van der Waals surface area contributed by atoms with Crippen LogP contribution in [0.5, 0.6) is 5.75 Å². The molecule has 1 aliphatic carbocycles. The van der Waals surface area contributed by atoms with Gasteiger partial charge in [-0.1, -0.05) is 13.8 Å². The summed E-state index contributed by atoms with van der Waals surface area (Å²) in [5, 5.41) is 12.2. The third-order valence-corrected chi connectivity index (χ3v) is 5.19. The maximum atomic E-state index is 12.7. The number of fused-ring (bicyclic) bond motifs is 1. The van der Waals surface area contributed by atoms with Gasteiger partial charge < -0.3 is 20.9 Å². The molecule has 22 heavy (non-hydrogen) atoms. The lowest BCUT2D eigenvalue weighted by Gasteiger charge is -2.65. The van der Waals surface area contributed by atoms with E-state index >= 15 is 0 Å². The highest BCUT2D eigenvalue weighted by atomic mass is 35.5. The summed E-state index contributed by atoms with van der Waals surface area (Å²) in [6, 6.07) is 6.41. The highest BCUT2D eigenvalue weighted by molar-refractivity contribution is 6.00. The Bertz CT molecular complexity index is 561. The minimum atomic E-state index is -0.921. The maximum Gasteiger partial charge on any atom is 0.245 e. The summed E-state index contributed by atoms with van der Waals surface area (Å²) in [7, 11) is 0. The third-order valence-electron chi connectivity index (χ3n) is 5.19. The molecule has 0 spiro atoms. The van der Waals surface area contributed by atoms with Crippen molar-refractivity contribution in [3.63, 3.8) is 0 Å². The average Bonchev–Trinajstić information content (AvgIpc) is 2.48. The Labute approximate surface area is 136 Å². The highest BCUT2D eigenvalue weighted by Gasteiger charge is 2.70. The van der Waals surface area contributed by atoms with E-state index in [9.17, 15) is 9.90 Å². The standard InChI is InChI=1S/C16H22N2O3.ClH/c1-15(2)13-12(4-3-9-21-13)16(15,17)14(20)18-10-5-7-11(19)8-6-10;/h5-8,12-13,19H,3-4,9,17H2,1-2H3,(H,18,20);1H.